The number of carbonyl (C=O) groups is 4. The van der Waals surface area contributed by atoms with Crippen molar-refractivity contribution in [3.05, 3.63) is 133 Å². The highest BCUT2D eigenvalue weighted by atomic mass is 19.4. The van der Waals surface area contributed by atoms with Gasteiger partial charge in [0.05, 0.1) is 37.6 Å². The lowest BCUT2D eigenvalue weighted by atomic mass is 10.1. The van der Waals surface area contributed by atoms with Crippen LogP contribution in [0.2, 0.25) is 0 Å². The van der Waals surface area contributed by atoms with Crippen molar-refractivity contribution in [2.24, 2.45) is 0 Å². The second kappa shape index (κ2) is 21.9. The number of hydrogen-bond donors (Lipinski definition) is 0. The Hall–Kier alpha value is -6.63. The van der Waals surface area contributed by atoms with E-state index in [9.17, 15) is 32.3 Å². The first-order valence-corrected chi connectivity index (χ1v) is 19.5. The molecule has 10 nitrogen and oxygen atoms in total. The third-order valence-corrected chi connectivity index (χ3v) is 9.20. The smallest absolute Gasteiger partial charge is 0.420 e. The van der Waals surface area contributed by atoms with Crippen LogP contribution in [0.25, 0.3) is 21.5 Å². The molecule has 0 unspecified atom stereocenters. The monoisotopic (exact) mass is 826 g/mol. The van der Waals surface area contributed by atoms with E-state index in [1.54, 1.807) is 48.5 Å². The third-order valence-electron chi connectivity index (χ3n) is 9.20. The summed E-state index contributed by atoms with van der Waals surface area (Å²) in [6, 6.07) is 22.7. The molecule has 0 aliphatic heterocycles. The van der Waals surface area contributed by atoms with Gasteiger partial charge >= 0.3 is 30.1 Å². The number of benzene rings is 5. The average Bonchev–Trinajstić information content (AvgIpc) is 3.24. The van der Waals surface area contributed by atoms with Crippen molar-refractivity contribution < 1.29 is 60.8 Å². The number of ether oxygens (including phenoxy) is 6. The van der Waals surface area contributed by atoms with Gasteiger partial charge in [0.1, 0.15) is 28.6 Å². The van der Waals surface area contributed by atoms with E-state index in [1.165, 1.54) is 18.2 Å². The molecule has 5 rings (SSSR count). The molecule has 0 saturated carbocycles. The summed E-state index contributed by atoms with van der Waals surface area (Å²) in [7, 11) is 0. The van der Waals surface area contributed by atoms with Gasteiger partial charge in [-0.05, 0) is 140 Å². The van der Waals surface area contributed by atoms with Gasteiger partial charge in [-0.3, -0.25) is 0 Å². The van der Waals surface area contributed by atoms with Gasteiger partial charge in [-0.2, -0.15) is 13.2 Å². The molecule has 0 N–H and O–H groups in total. The van der Waals surface area contributed by atoms with Crippen molar-refractivity contribution >= 4 is 45.4 Å². The van der Waals surface area contributed by atoms with E-state index in [-0.39, 0.29) is 16.9 Å². The van der Waals surface area contributed by atoms with E-state index in [4.69, 9.17) is 28.4 Å². The lowest BCUT2D eigenvalue weighted by Gasteiger charge is -2.15. The van der Waals surface area contributed by atoms with Crippen LogP contribution in [-0.2, 0) is 25.2 Å². The van der Waals surface area contributed by atoms with Crippen LogP contribution in [0.4, 0.5) is 13.2 Å². The highest BCUT2D eigenvalue weighted by Crippen LogP contribution is 2.39. The highest BCUT2D eigenvalue weighted by Gasteiger charge is 2.36. The molecule has 0 aliphatic rings. The number of carbonyl (C=O) groups excluding carboxylic acids is 4. The van der Waals surface area contributed by atoms with Gasteiger partial charge in [0, 0.05) is 12.2 Å². The van der Waals surface area contributed by atoms with E-state index in [0.29, 0.717) is 54.8 Å². The second-order valence-electron chi connectivity index (χ2n) is 13.7. The van der Waals surface area contributed by atoms with Crippen molar-refractivity contribution in [2.75, 3.05) is 26.4 Å². The first-order valence-electron chi connectivity index (χ1n) is 19.5. The van der Waals surface area contributed by atoms with Crippen LogP contribution in [0.15, 0.2) is 116 Å². The van der Waals surface area contributed by atoms with Crippen molar-refractivity contribution in [2.45, 2.75) is 57.5 Å². The Labute approximate surface area is 345 Å². The highest BCUT2D eigenvalue weighted by molar-refractivity contribution is 5.98. The molecule has 314 valence electrons. The van der Waals surface area contributed by atoms with Crippen molar-refractivity contribution in [1.82, 2.24) is 0 Å². The Kier molecular flexibility index (Phi) is 16.3. The molecular formula is C47H45F3O10. The Morgan fingerprint density at radius 2 is 0.900 bits per heavy atom. The summed E-state index contributed by atoms with van der Waals surface area (Å²) < 4.78 is 74.8. The van der Waals surface area contributed by atoms with Crippen LogP contribution in [0.5, 0.6) is 23.0 Å². The number of hydrogen-bond acceptors (Lipinski definition) is 10. The molecule has 0 aliphatic carbocycles. The number of unbranched alkanes of at least 4 members (excludes halogenated alkanes) is 6. The molecule has 5 aromatic carbocycles. The number of rotatable bonds is 22. The molecule has 0 radical (unpaired) electrons. The van der Waals surface area contributed by atoms with E-state index in [0.717, 1.165) is 86.4 Å². The Morgan fingerprint density at radius 1 is 0.483 bits per heavy atom. The molecule has 0 fully saturated rings. The number of fused-ring (bicyclic) bond motifs is 2. The quantitative estimate of drug-likeness (QED) is 0.0288. The summed E-state index contributed by atoms with van der Waals surface area (Å²) in [6.07, 6.45) is 3.98. The van der Waals surface area contributed by atoms with Crippen molar-refractivity contribution in [1.29, 1.82) is 0 Å². The topological polar surface area (TPSA) is 124 Å². The minimum atomic E-state index is -4.94. The van der Waals surface area contributed by atoms with E-state index >= 15 is 0 Å². The Morgan fingerprint density at radius 3 is 1.37 bits per heavy atom. The average molecular weight is 827 g/mol. The summed E-state index contributed by atoms with van der Waals surface area (Å²) in [5.41, 5.74) is -1.14. The zero-order chi connectivity index (χ0) is 42.9. The predicted molar refractivity (Wildman–Crippen MR) is 219 cm³/mol. The summed E-state index contributed by atoms with van der Waals surface area (Å²) in [5, 5.41) is 2.88. The molecule has 5 aromatic rings. The first kappa shape index (κ1) is 44.5. The van der Waals surface area contributed by atoms with Gasteiger partial charge in [0.25, 0.3) is 0 Å². The molecule has 0 atom stereocenters. The molecule has 13 heteroatoms. The van der Waals surface area contributed by atoms with E-state index in [1.807, 2.05) is 6.07 Å². The normalized spacial score (nSPS) is 11.1. The second-order valence-corrected chi connectivity index (χ2v) is 13.7. The predicted octanol–water partition coefficient (Wildman–Crippen LogP) is 10.8. The minimum absolute atomic E-state index is 0.0333. The molecule has 0 aromatic heterocycles. The zero-order valence-electron chi connectivity index (χ0n) is 32.9. The van der Waals surface area contributed by atoms with Gasteiger partial charge in [0.15, 0.2) is 0 Å². The lowest BCUT2D eigenvalue weighted by molar-refractivity contribution is -0.139. The SMILES string of the molecule is C=CC(=O)OCCCCCCOc1ccc2cc(C(=O)Oc3ccc(OC(=O)c4ccc5cc(OCCCCCCOC(=O)C=C)ccc5c4)c(C(F)(F)F)c3)ccc2c1. The molecule has 0 saturated heterocycles. The minimum Gasteiger partial charge on any atom is -0.494 e. The summed E-state index contributed by atoms with van der Waals surface area (Å²) in [6.45, 7) is 8.37. The van der Waals surface area contributed by atoms with Crippen molar-refractivity contribution in [3.63, 3.8) is 0 Å². The van der Waals surface area contributed by atoms with Gasteiger partial charge in [-0.15, -0.1) is 0 Å². The standard InChI is InChI=1S/C47H45F3O10/c1-3-43(51)57-25-11-7-5-9-23-55-38-19-17-32-27-36(15-13-34(32)29-38)45(53)59-40-21-22-42(41(31-40)47(48,49)50)60-46(54)37-16-14-35-30-39(20-18-33(35)28-37)56-24-10-6-8-12-26-58-44(52)4-2/h3-4,13-22,27-31H,1-2,5-12,23-26H2. The maximum absolute atomic E-state index is 14.2. The number of halogens is 3. The molecular weight excluding hydrogens is 782 g/mol. The number of esters is 4. The first-order chi connectivity index (χ1) is 28.9. The van der Waals surface area contributed by atoms with Gasteiger partial charge in [-0.25, -0.2) is 19.2 Å². The van der Waals surface area contributed by atoms with E-state index < -0.39 is 41.4 Å². The largest absolute Gasteiger partial charge is 0.494 e. The molecule has 0 spiro atoms. The van der Waals surface area contributed by atoms with Crippen LogP contribution >= 0.6 is 0 Å². The summed E-state index contributed by atoms with van der Waals surface area (Å²) in [4.78, 5) is 48.3. The van der Waals surface area contributed by atoms with Crippen LogP contribution in [0, 0.1) is 0 Å². The zero-order valence-corrected chi connectivity index (χ0v) is 32.9. The fraction of sp³-hybridized carbons (Fsp3) is 0.277. The lowest BCUT2D eigenvalue weighted by Crippen LogP contribution is -2.15. The van der Waals surface area contributed by atoms with Crippen LogP contribution in [-0.4, -0.2) is 50.3 Å². The van der Waals surface area contributed by atoms with Gasteiger partial charge in [0.2, 0.25) is 0 Å². The van der Waals surface area contributed by atoms with Crippen LogP contribution in [0.1, 0.15) is 77.6 Å². The molecule has 0 heterocycles. The Bertz CT molecular complexity index is 2320. The summed E-state index contributed by atoms with van der Waals surface area (Å²) >= 11 is 0. The maximum Gasteiger partial charge on any atom is 0.420 e. The van der Waals surface area contributed by atoms with Gasteiger partial charge < -0.3 is 28.4 Å². The van der Waals surface area contributed by atoms with Crippen LogP contribution < -0.4 is 18.9 Å². The maximum atomic E-state index is 14.2. The fourth-order valence-corrected chi connectivity index (χ4v) is 6.05. The van der Waals surface area contributed by atoms with Crippen LogP contribution in [0.3, 0.4) is 0 Å². The fourth-order valence-electron chi connectivity index (χ4n) is 6.05. The molecule has 0 bridgehead atoms. The molecule has 60 heavy (non-hydrogen) atoms. The molecule has 0 amide bonds. The number of alkyl halides is 3. The van der Waals surface area contributed by atoms with Gasteiger partial charge in [-0.1, -0.05) is 37.4 Å². The third kappa shape index (κ3) is 13.5. The Balaban J connectivity index is 1.13. The van der Waals surface area contributed by atoms with E-state index in [2.05, 4.69) is 13.2 Å². The summed E-state index contributed by atoms with van der Waals surface area (Å²) in [5.74, 6) is -2.62. The van der Waals surface area contributed by atoms with Crippen molar-refractivity contribution in [3.8, 4) is 23.0 Å².